The molecule has 2 aromatic heterocycles. The highest BCUT2D eigenvalue weighted by molar-refractivity contribution is 6.32. The summed E-state index contributed by atoms with van der Waals surface area (Å²) in [7, 11) is 0. The van der Waals surface area contributed by atoms with E-state index >= 15 is 0 Å². The van der Waals surface area contributed by atoms with Crippen molar-refractivity contribution in [2.45, 2.75) is 13.2 Å². The highest BCUT2D eigenvalue weighted by Crippen LogP contribution is 2.24. The summed E-state index contributed by atoms with van der Waals surface area (Å²) < 4.78 is 7.24. The van der Waals surface area contributed by atoms with Gasteiger partial charge in [-0.15, -0.1) is 14.8 Å². The molecular weight excluding hydrogens is 352 g/mol. The number of benzene rings is 2. The number of nitrogens with zero attached hydrogens (tertiary/aromatic N) is 5. The first-order valence-corrected chi connectivity index (χ1v) is 8.41. The lowest BCUT2D eigenvalue weighted by molar-refractivity contribution is 0.305. The second-order valence-corrected chi connectivity index (χ2v) is 5.99. The topological polar surface area (TPSA) is 77.2 Å². The highest BCUT2D eigenvalue weighted by Gasteiger charge is 2.06. The van der Waals surface area contributed by atoms with E-state index in [2.05, 4.69) is 25.9 Å². The molecule has 0 unspecified atom stereocenters. The zero-order valence-electron chi connectivity index (χ0n) is 13.7. The smallest absolute Gasteiger partial charge is 0.200 e. The van der Waals surface area contributed by atoms with Crippen LogP contribution in [0.25, 0.3) is 5.65 Å². The van der Waals surface area contributed by atoms with E-state index in [1.54, 1.807) is 0 Å². The number of hydrogen-bond donors (Lipinski definition) is 1. The average Bonchev–Trinajstić information content (AvgIpc) is 3.14. The third-order valence-corrected chi connectivity index (χ3v) is 4.18. The van der Waals surface area contributed by atoms with Crippen LogP contribution in [0, 0.1) is 0 Å². The molecule has 130 valence electrons. The van der Waals surface area contributed by atoms with Crippen molar-refractivity contribution in [3.63, 3.8) is 0 Å². The molecule has 26 heavy (non-hydrogen) atoms. The Kier molecular flexibility index (Phi) is 4.61. The normalized spacial score (nSPS) is 10.8. The quantitative estimate of drug-likeness (QED) is 0.563. The molecular formula is C18H15ClN6O. The lowest BCUT2D eigenvalue weighted by Gasteiger charge is -2.13. The Balaban J connectivity index is 1.46. The molecule has 4 aromatic rings. The van der Waals surface area contributed by atoms with E-state index in [-0.39, 0.29) is 0 Å². The Morgan fingerprint density at radius 1 is 0.962 bits per heavy atom. The van der Waals surface area contributed by atoms with E-state index in [0.29, 0.717) is 35.4 Å². The predicted octanol–water partition coefficient (Wildman–Crippen LogP) is 3.36. The fourth-order valence-corrected chi connectivity index (χ4v) is 2.71. The molecule has 0 radical (unpaired) electrons. The first-order valence-electron chi connectivity index (χ1n) is 8.03. The second kappa shape index (κ2) is 7.37. The standard InChI is InChI=1S/C18H15ClN6O/c19-15-7-3-4-8-16(15)26-12-14-6-2-1-5-13(14)11-20-17-9-10-18-21-23-24-25(18)22-17/h1-10H,11-12H2,(H,20,22). The number of tetrazole rings is 1. The molecule has 1 N–H and O–H groups in total. The molecule has 0 spiro atoms. The Hall–Kier alpha value is -3.19. The number of hydrogen-bond acceptors (Lipinski definition) is 6. The van der Waals surface area contributed by atoms with E-state index < -0.39 is 0 Å². The number of rotatable bonds is 6. The van der Waals surface area contributed by atoms with E-state index in [1.165, 1.54) is 4.63 Å². The van der Waals surface area contributed by atoms with E-state index in [1.807, 2.05) is 60.7 Å². The second-order valence-electron chi connectivity index (χ2n) is 5.59. The van der Waals surface area contributed by atoms with Crippen molar-refractivity contribution in [1.29, 1.82) is 0 Å². The van der Waals surface area contributed by atoms with Gasteiger partial charge in [-0.2, -0.15) is 0 Å². The predicted molar refractivity (Wildman–Crippen MR) is 98.1 cm³/mol. The minimum Gasteiger partial charge on any atom is -0.487 e. The summed E-state index contributed by atoms with van der Waals surface area (Å²) in [5.74, 6) is 1.36. The number of anilines is 1. The fraction of sp³-hybridized carbons (Fsp3) is 0.111. The molecule has 0 aliphatic rings. The molecule has 0 saturated heterocycles. The molecule has 0 aliphatic heterocycles. The van der Waals surface area contributed by atoms with Gasteiger partial charge in [0.05, 0.1) is 5.02 Å². The third kappa shape index (κ3) is 3.57. The number of para-hydroxylation sites is 1. The maximum absolute atomic E-state index is 6.15. The van der Waals surface area contributed by atoms with Gasteiger partial charge in [-0.25, -0.2) is 0 Å². The molecule has 0 atom stereocenters. The Morgan fingerprint density at radius 3 is 2.65 bits per heavy atom. The SMILES string of the molecule is Clc1ccccc1OCc1ccccc1CNc1ccc2nnnn2n1. The maximum Gasteiger partial charge on any atom is 0.200 e. The van der Waals surface area contributed by atoms with Crippen molar-refractivity contribution in [2.75, 3.05) is 5.32 Å². The zero-order chi connectivity index (χ0) is 17.8. The first-order chi connectivity index (χ1) is 12.8. The number of halogens is 1. The van der Waals surface area contributed by atoms with Gasteiger partial charge in [0, 0.05) is 6.54 Å². The van der Waals surface area contributed by atoms with Gasteiger partial charge in [0.15, 0.2) is 5.65 Å². The molecule has 2 heterocycles. The van der Waals surface area contributed by atoms with Crippen molar-refractivity contribution < 1.29 is 4.74 Å². The van der Waals surface area contributed by atoms with E-state index in [0.717, 1.165) is 11.1 Å². The zero-order valence-corrected chi connectivity index (χ0v) is 14.5. The monoisotopic (exact) mass is 366 g/mol. The molecule has 7 nitrogen and oxygen atoms in total. The van der Waals surface area contributed by atoms with Gasteiger partial charge >= 0.3 is 0 Å². The number of nitrogens with one attached hydrogen (secondary N) is 1. The minimum absolute atomic E-state index is 0.432. The van der Waals surface area contributed by atoms with Crippen LogP contribution in [0.4, 0.5) is 5.82 Å². The van der Waals surface area contributed by atoms with Crippen molar-refractivity contribution in [1.82, 2.24) is 25.3 Å². The molecule has 0 fully saturated rings. The molecule has 0 saturated carbocycles. The molecule has 2 aromatic carbocycles. The van der Waals surface area contributed by atoms with Crippen LogP contribution in [-0.2, 0) is 13.2 Å². The molecule has 0 bridgehead atoms. The van der Waals surface area contributed by atoms with Gasteiger partial charge in [0.1, 0.15) is 18.2 Å². The molecule has 0 amide bonds. The van der Waals surface area contributed by atoms with Crippen molar-refractivity contribution >= 4 is 23.1 Å². The van der Waals surface area contributed by atoms with Gasteiger partial charge in [-0.1, -0.05) is 48.0 Å². The van der Waals surface area contributed by atoms with Crippen LogP contribution in [0.2, 0.25) is 5.02 Å². The van der Waals surface area contributed by atoms with Crippen LogP contribution < -0.4 is 10.1 Å². The largest absolute Gasteiger partial charge is 0.487 e. The Morgan fingerprint density at radius 2 is 1.77 bits per heavy atom. The Labute approximate surface area is 154 Å². The van der Waals surface area contributed by atoms with Crippen molar-refractivity contribution in [3.8, 4) is 5.75 Å². The maximum atomic E-state index is 6.15. The number of aromatic nitrogens is 5. The summed E-state index contributed by atoms with van der Waals surface area (Å²) in [6, 6.07) is 19.2. The van der Waals surface area contributed by atoms with Crippen LogP contribution in [0.5, 0.6) is 5.75 Å². The Bertz CT molecular complexity index is 1030. The van der Waals surface area contributed by atoms with Gasteiger partial charge in [-0.3, -0.25) is 0 Å². The van der Waals surface area contributed by atoms with Crippen molar-refractivity contribution in [3.05, 3.63) is 76.8 Å². The molecule has 0 aliphatic carbocycles. The van der Waals surface area contributed by atoms with Crippen LogP contribution in [-0.4, -0.2) is 25.3 Å². The highest BCUT2D eigenvalue weighted by atomic mass is 35.5. The number of fused-ring (bicyclic) bond motifs is 1. The summed E-state index contributed by atoms with van der Waals surface area (Å²) in [4.78, 5) is 0. The van der Waals surface area contributed by atoms with Crippen LogP contribution in [0.1, 0.15) is 11.1 Å². The van der Waals surface area contributed by atoms with Gasteiger partial charge in [0.2, 0.25) is 0 Å². The van der Waals surface area contributed by atoms with Crippen LogP contribution in [0.3, 0.4) is 0 Å². The lowest BCUT2D eigenvalue weighted by Crippen LogP contribution is -2.08. The third-order valence-electron chi connectivity index (χ3n) is 3.87. The fourth-order valence-electron chi connectivity index (χ4n) is 2.52. The van der Waals surface area contributed by atoms with Crippen molar-refractivity contribution in [2.24, 2.45) is 0 Å². The van der Waals surface area contributed by atoms with Crippen LogP contribution >= 0.6 is 11.6 Å². The van der Waals surface area contributed by atoms with Gasteiger partial charge < -0.3 is 10.1 Å². The van der Waals surface area contributed by atoms with Gasteiger partial charge in [0.25, 0.3) is 0 Å². The van der Waals surface area contributed by atoms with Crippen LogP contribution in [0.15, 0.2) is 60.7 Å². The number of ether oxygens (including phenoxy) is 1. The molecule has 8 heteroatoms. The summed E-state index contributed by atoms with van der Waals surface area (Å²) in [5, 5.41) is 19.4. The summed E-state index contributed by atoms with van der Waals surface area (Å²) in [6.45, 7) is 1.03. The van der Waals surface area contributed by atoms with E-state index in [4.69, 9.17) is 16.3 Å². The first kappa shape index (κ1) is 16.3. The summed E-state index contributed by atoms with van der Waals surface area (Å²) >= 11 is 6.15. The average molecular weight is 367 g/mol. The summed E-state index contributed by atoms with van der Waals surface area (Å²) in [5.41, 5.74) is 2.78. The summed E-state index contributed by atoms with van der Waals surface area (Å²) in [6.07, 6.45) is 0. The lowest BCUT2D eigenvalue weighted by atomic mass is 10.1. The van der Waals surface area contributed by atoms with Gasteiger partial charge in [-0.05, 0) is 45.8 Å². The molecule has 4 rings (SSSR count). The van der Waals surface area contributed by atoms with E-state index in [9.17, 15) is 0 Å². The minimum atomic E-state index is 0.432.